The molecule has 4 aliphatic carbocycles. The minimum Gasteiger partial charge on any atom is -0.458 e. The fourth-order valence-corrected chi connectivity index (χ4v) is 8.08. The van der Waals surface area contributed by atoms with Crippen molar-refractivity contribution in [3.63, 3.8) is 0 Å². The monoisotopic (exact) mass is 469 g/mol. The largest absolute Gasteiger partial charge is 0.458 e. The average Bonchev–Trinajstić information content (AvgIpc) is 3.22. The minimum atomic E-state index is -0.297. The van der Waals surface area contributed by atoms with Gasteiger partial charge >= 0.3 is 5.97 Å². The number of carbonyl (C=O) groups is 1. The standard InChI is InChI=1S/C30H35N3O2/c1-29-13-11-21(35-28(34)23-5-3-4-6-27(23)31)15-20(29)7-8-22-25-10-9-24(19-16-32-18-33-17-19)30(25,2)14-12-26(22)29/h3-7,9,16-18,21-22,25-26H,8,10-15,31H2,1-2H3. The first kappa shape index (κ1) is 22.5. The lowest BCUT2D eigenvalue weighted by atomic mass is 9.47. The van der Waals surface area contributed by atoms with Gasteiger partial charge in [-0.3, -0.25) is 0 Å². The summed E-state index contributed by atoms with van der Waals surface area (Å²) in [6, 6.07) is 7.18. The molecule has 2 saturated carbocycles. The van der Waals surface area contributed by atoms with Crippen LogP contribution >= 0.6 is 0 Å². The molecule has 0 radical (unpaired) electrons. The number of rotatable bonds is 3. The Kier molecular flexibility index (Phi) is 5.35. The molecule has 6 atom stereocenters. The van der Waals surface area contributed by atoms with Crippen LogP contribution in [0, 0.1) is 28.6 Å². The zero-order chi connectivity index (χ0) is 24.2. The lowest BCUT2D eigenvalue weighted by Gasteiger charge is -2.57. The van der Waals surface area contributed by atoms with Crippen molar-refractivity contribution in [1.82, 2.24) is 9.97 Å². The van der Waals surface area contributed by atoms with Crippen LogP contribution in [0.2, 0.25) is 0 Å². The summed E-state index contributed by atoms with van der Waals surface area (Å²) >= 11 is 0. The zero-order valence-electron chi connectivity index (χ0n) is 20.7. The van der Waals surface area contributed by atoms with Gasteiger partial charge < -0.3 is 10.5 Å². The van der Waals surface area contributed by atoms with Crippen molar-refractivity contribution in [3.05, 3.63) is 71.8 Å². The SMILES string of the molecule is CC12CCC(OC(=O)c3ccccc3N)CC1=CCC1C2CCC2(C)C(c3cncnc3)=CCC12. The molecule has 182 valence electrons. The van der Waals surface area contributed by atoms with Crippen molar-refractivity contribution >= 4 is 17.2 Å². The molecule has 0 bridgehead atoms. The predicted molar refractivity (Wildman–Crippen MR) is 137 cm³/mol. The number of para-hydroxylation sites is 1. The van der Waals surface area contributed by atoms with Gasteiger partial charge in [0.15, 0.2) is 0 Å². The normalized spacial score (nSPS) is 35.7. The molecule has 6 unspecified atom stereocenters. The molecule has 5 nitrogen and oxygen atoms in total. The number of allylic oxidation sites excluding steroid dienone is 3. The quantitative estimate of drug-likeness (QED) is 0.327. The second-order valence-electron chi connectivity index (χ2n) is 11.6. The van der Waals surface area contributed by atoms with Crippen LogP contribution in [0.5, 0.6) is 0 Å². The molecule has 0 spiro atoms. The number of hydrogen-bond donors (Lipinski definition) is 1. The smallest absolute Gasteiger partial charge is 0.340 e. The molecule has 2 N–H and O–H groups in total. The number of benzene rings is 1. The second kappa shape index (κ2) is 8.32. The van der Waals surface area contributed by atoms with E-state index in [4.69, 9.17) is 10.5 Å². The highest BCUT2D eigenvalue weighted by molar-refractivity contribution is 5.95. The lowest BCUT2D eigenvalue weighted by molar-refractivity contribution is -0.0306. The lowest BCUT2D eigenvalue weighted by Crippen LogP contribution is -2.50. The molecule has 2 aromatic rings. The Morgan fingerprint density at radius 3 is 2.57 bits per heavy atom. The van der Waals surface area contributed by atoms with Crippen molar-refractivity contribution in [2.24, 2.45) is 28.6 Å². The van der Waals surface area contributed by atoms with Crippen molar-refractivity contribution in [1.29, 1.82) is 0 Å². The number of hydrogen-bond acceptors (Lipinski definition) is 5. The van der Waals surface area contributed by atoms with Crippen molar-refractivity contribution < 1.29 is 9.53 Å². The molecule has 0 amide bonds. The number of esters is 1. The van der Waals surface area contributed by atoms with Gasteiger partial charge in [0.25, 0.3) is 0 Å². The first-order valence-electron chi connectivity index (χ1n) is 13.1. The third-order valence-electron chi connectivity index (χ3n) is 9.97. The molecule has 1 heterocycles. The first-order valence-corrected chi connectivity index (χ1v) is 13.1. The number of nitrogens with two attached hydrogens (primary N) is 1. The third kappa shape index (κ3) is 3.54. The molecular weight excluding hydrogens is 434 g/mol. The van der Waals surface area contributed by atoms with Gasteiger partial charge in [0.1, 0.15) is 12.4 Å². The van der Waals surface area contributed by atoms with E-state index >= 15 is 0 Å². The maximum absolute atomic E-state index is 12.8. The summed E-state index contributed by atoms with van der Waals surface area (Å²) < 4.78 is 5.96. The highest BCUT2D eigenvalue weighted by Crippen LogP contribution is 2.66. The van der Waals surface area contributed by atoms with E-state index in [2.05, 4.69) is 36.0 Å². The fraction of sp³-hybridized carbons (Fsp3) is 0.500. The molecule has 6 rings (SSSR count). The predicted octanol–water partition coefficient (Wildman–Crippen LogP) is 6.24. The Morgan fingerprint density at radius 2 is 1.77 bits per heavy atom. The molecule has 5 heteroatoms. The van der Waals surface area contributed by atoms with E-state index in [0.717, 1.165) is 32.1 Å². The van der Waals surface area contributed by atoms with Crippen molar-refractivity contribution in [2.75, 3.05) is 5.73 Å². The highest BCUT2D eigenvalue weighted by Gasteiger charge is 2.57. The summed E-state index contributed by atoms with van der Waals surface area (Å²) in [6.45, 7) is 4.97. The van der Waals surface area contributed by atoms with Gasteiger partial charge in [0, 0.05) is 30.1 Å². The Labute approximate surface area is 207 Å². The van der Waals surface area contributed by atoms with Gasteiger partial charge in [-0.25, -0.2) is 14.8 Å². The Morgan fingerprint density at radius 1 is 1.00 bits per heavy atom. The number of anilines is 1. The summed E-state index contributed by atoms with van der Waals surface area (Å²) in [4.78, 5) is 21.4. The summed E-state index contributed by atoms with van der Waals surface area (Å²) in [7, 11) is 0. The van der Waals surface area contributed by atoms with Crippen LogP contribution in [0.4, 0.5) is 5.69 Å². The maximum atomic E-state index is 12.8. The number of aromatic nitrogens is 2. The van der Waals surface area contributed by atoms with Crippen LogP contribution in [-0.2, 0) is 4.74 Å². The van der Waals surface area contributed by atoms with E-state index in [1.165, 1.54) is 29.6 Å². The van der Waals surface area contributed by atoms with Gasteiger partial charge in [0.05, 0.1) is 5.56 Å². The molecule has 1 aromatic heterocycles. The first-order chi connectivity index (χ1) is 16.9. The van der Waals surface area contributed by atoms with Crippen LogP contribution < -0.4 is 5.73 Å². The molecule has 4 aliphatic rings. The molecule has 0 aliphatic heterocycles. The number of ether oxygens (including phenoxy) is 1. The summed E-state index contributed by atoms with van der Waals surface area (Å²) in [5.74, 6) is 1.77. The van der Waals surface area contributed by atoms with Gasteiger partial charge in [-0.2, -0.15) is 0 Å². The summed E-state index contributed by atoms with van der Waals surface area (Å²) in [5, 5.41) is 0. The zero-order valence-corrected chi connectivity index (χ0v) is 20.7. The Hall–Kier alpha value is -2.95. The molecule has 0 saturated heterocycles. The summed E-state index contributed by atoms with van der Waals surface area (Å²) in [6.07, 6.45) is 18.1. The molecular formula is C30H35N3O2. The van der Waals surface area contributed by atoms with Crippen LogP contribution in [0.3, 0.4) is 0 Å². The number of fused-ring (bicyclic) bond motifs is 5. The maximum Gasteiger partial charge on any atom is 0.340 e. The molecule has 35 heavy (non-hydrogen) atoms. The third-order valence-corrected chi connectivity index (χ3v) is 9.97. The molecule has 2 fully saturated rings. The van der Waals surface area contributed by atoms with Gasteiger partial charge in [-0.05, 0) is 84.8 Å². The van der Waals surface area contributed by atoms with Crippen LogP contribution in [0.1, 0.15) is 74.7 Å². The highest BCUT2D eigenvalue weighted by atomic mass is 16.5. The topological polar surface area (TPSA) is 78.1 Å². The van der Waals surface area contributed by atoms with Crippen molar-refractivity contribution in [3.8, 4) is 0 Å². The summed E-state index contributed by atoms with van der Waals surface area (Å²) in [5.41, 5.74) is 11.5. The number of nitrogens with zero attached hydrogens (tertiary/aromatic N) is 2. The molecule has 1 aromatic carbocycles. The van der Waals surface area contributed by atoms with E-state index in [-0.39, 0.29) is 22.9 Å². The average molecular weight is 470 g/mol. The van der Waals surface area contributed by atoms with Crippen LogP contribution in [0.15, 0.2) is 60.7 Å². The van der Waals surface area contributed by atoms with Crippen LogP contribution in [-0.4, -0.2) is 22.0 Å². The van der Waals surface area contributed by atoms with Gasteiger partial charge in [-0.1, -0.05) is 43.7 Å². The van der Waals surface area contributed by atoms with Gasteiger partial charge in [0.2, 0.25) is 0 Å². The van der Waals surface area contributed by atoms with Crippen molar-refractivity contribution in [2.45, 2.75) is 64.9 Å². The van der Waals surface area contributed by atoms with E-state index < -0.39 is 0 Å². The van der Waals surface area contributed by atoms with Gasteiger partial charge in [-0.15, -0.1) is 0 Å². The Bertz CT molecular complexity index is 1210. The minimum absolute atomic E-state index is 0.0651. The number of nitrogen functional groups attached to an aromatic ring is 1. The van der Waals surface area contributed by atoms with E-state index in [9.17, 15) is 4.79 Å². The van der Waals surface area contributed by atoms with E-state index in [1.54, 1.807) is 18.5 Å². The van der Waals surface area contributed by atoms with E-state index in [1.807, 2.05) is 24.5 Å². The Balaban J connectivity index is 1.20. The van der Waals surface area contributed by atoms with E-state index in [0.29, 0.717) is 29.0 Å². The fourth-order valence-electron chi connectivity index (χ4n) is 8.08. The second-order valence-corrected chi connectivity index (χ2v) is 11.6. The van der Waals surface area contributed by atoms with Crippen LogP contribution in [0.25, 0.3) is 5.57 Å². The number of carbonyl (C=O) groups excluding carboxylic acids is 1.